The fourth-order valence-electron chi connectivity index (χ4n) is 3.94. The van der Waals surface area contributed by atoms with Crippen LogP contribution in [-0.4, -0.2) is 55.0 Å². The molecule has 0 spiro atoms. The highest BCUT2D eigenvalue weighted by molar-refractivity contribution is 5.74. The minimum absolute atomic E-state index is 0.0347. The van der Waals surface area contributed by atoms with Crippen molar-refractivity contribution in [3.05, 3.63) is 35.9 Å². The lowest BCUT2D eigenvalue weighted by Gasteiger charge is -2.34. The maximum atomic E-state index is 12.5. The Hall–Kier alpha value is -1.59. The second-order valence-electron chi connectivity index (χ2n) is 6.79. The molecule has 0 radical (unpaired) electrons. The molecule has 4 atom stereocenters. The number of amides is 2. The second kappa shape index (κ2) is 6.49. The molecule has 5 heteroatoms. The van der Waals surface area contributed by atoms with E-state index in [1.54, 1.807) is 0 Å². The Kier molecular flexibility index (Phi) is 4.23. The molecule has 4 rings (SSSR count). The molecule has 23 heavy (non-hydrogen) atoms. The number of benzene rings is 1. The van der Waals surface area contributed by atoms with Gasteiger partial charge in [-0.05, 0) is 24.8 Å². The number of rotatable bonds is 3. The summed E-state index contributed by atoms with van der Waals surface area (Å²) in [6.07, 6.45) is 4.71. The predicted octanol–water partition coefficient (Wildman–Crippen LogP) is 1.96. The Morgan fingerprint density at radius 1 is 1.26 bits per heavy atom. The summed E-state index contributed by atoms with van der Waals surface area (Å²) >= 11 is 0. The van der Waals surface area contributed by atoms with E-state index in [-0.39, 0.29) is 24.3 Å². The van der Waals surface area contributed by atoms with Gasteiger partial charge in [-0.25, -0.2) is 4.79 Å². The van der Waals surface area contributed by atoms with E-state index in [2.05, 4.69) is 17.4 Å². The third-order valence-corrected chi connectivity index (χ3v) is 5.15. The number of morpholine rings is 1. The topological polar surface area (TPSA) is 50.8 Å². The van der Waals surface area contributed by atoms with Crippen molar-refractivity contribution >= 4 is 6.03 Å². The molecule has 1 aromatic carbocycles. The van der Waals surface area contributed by atoms with Crippen LogP contribution in [0.1, 0.15) is 24.8 Å². The summed E-state index contributed by atoms with van der Waals surface area (Å²) < 4.78 is 11.7. The first-order valence-corrected chi connectivity index (χ1v) is 8.64. The van der Waals surface area contributed by atoms with E-state index >= 15 is 0 Å². The van der Waals surface area contributed by atoms with Crippen molar-refractivity contribution in [1.29, 1.82) is 0 Å². The first-order valence-electron chi connectivity index (χ1n) is 8.64. The van der Waals surface area contributed by atoms with E-state index in [0.29, 0.717) is 25.8 Å². The van der Waals surface area contributed by atoms with Crippen molar-refractivity contribution in [3.8, 4) is 0 Å². The van der Waals surface area contributed by atoms with Crippen LogP contribution >= 0.6 is 0 Å². The van der Waals surface area contributed by atoms with E-state index in [9.17, 15) is 4.79 Å². The standard InChI is InChI=1S/C18H24N2O3/c21-18(19-16-11-14-6-7-17(16)23-14)20-8-9-22-15(12-20)10-13-4-2-1-3-5-13/h1-5,14-17H,6-12H2,(H,19,21)/t14-,15-,16-,17-/m1/s1. The molecule has 1 aromatic rings. The SMILES string of the molecule is O=C(N[C@@H]1C[C@H]2CC[C@H]1O2)N1CCO[C@H](Cc2ccccc2)C1. The first kappa shape index (κ1) is 15.0. The number of carbonyl (C=O) groups is 1. The van der Waals surface area contributed by atoms with Gasteiger partial charge in [-0.1, -0.05) is 30.3 Å². The van der Waals surface area contributed by atoms with Crippen LogP contribution in [0.3, 0.4) is 0 Å². The quantitative estimate of drug-likeness (QED) is 0.927. The van der Waals surface area contributed by atoms with Gasteiger partial charge in [0.15, 0.2) is 0 Å². The number of urea groups is 1. The van der Waals surface area contributed by atoms with Crippen molar-refractivity contribution in [3.63, 3.8) is 0 Å². The molecule has 124 valence electrons. The van der Waals surface area contributed by atoms with Gasteiger partial charge < -0.3 is 19.7 Å². The summed E-state index contributed by atoms with van der Waals surface area (Å²) in [6.45, 7) is 1.93. The zero-order valence-electron chi connectivity index (χ0n) is 13.3. The van der Waals surface area contributed by atoms with Crippen molar-refractivity contribution < 1.29 is 14.3 Å². The average molecular weight is 316 g/mol. The lowest BCUT2D eigenvalue weighted by molar-refractivity contribution is -0.0139. The largest absolute Gasteiger partial charge is 0.374 e. The molecule has 1 N–H and O–H groups in total. The normalized spacial score (nSPS) is 33.0. The second-order valence-corrected chi connectivity index (χ2v) is 6.79. The van der Waals surface area contributed by atoms with E-state index in [4.69, 9.17) is 9.47 Å². The Labute approximate surface area is 136 Å². The molecule has 0 aromatic heterocycles. The predicted molar refractivity (Wildman–Crippen MR) is 86.3 cm³/mol. The summed E-state index contributed by atoms with van der Waals surface area (Å²) in [4.78, 5) is 14.4. The van der Waals surface area contributed by atoms with Crippen LogP contribution in [0, 0.1) is 0 Å². The van der Waals surface area contributed by atoms with Crippen molar-refractivity contribution in [2.45, 2.75) is 50.0 Å². The van der Waals surface area contributed by atoms with Gasteiger partial charge in [0.1, 0.15) is 0 Å². The van der Waals surface area contributed by atoms with Gasteiger partial charge in [0.25, 0.3) is 0 Å². The maximum Gasteiger partial charge on any atom is 0.317 e. The summed E-state index contributed by atoms with van der Waals surface area (Å²) in [6, 6.07) is 10.5. The van der Waals surface area contributed by atoms with Gasteiger partial charge in [0.05, 0.1) is 31.0 Å². The van der Waals surface area contributed by atoms with E-state index < -0.39 is 0 Å². The summed E-state index contributed by atoms with van der Waals surface area (Å²) in [5, 5.41) is 3.17. The van der Waals surface area contributed by atoms with E-state index in [1.165, 1.54) is 5.56 Å². The highest BCUT2D eigenvalue weighted by atomic mass is 16.5. The Bertz CT molecular complexity index is 550. The lowest BCUT2D eigenvalue weighted by Crippen LogP contribution is -2.53. The minimum Gasteiger partial charge on any atom is -0.374 e. The number of carbonyl (C=O) groups excluding carboxylic acids is 1. The van der Waals surface area contributed by atoms with Crippen molar-refractivity contribution in [1.82, 2.24) is 10.2 Å². The molecule has 3 heterocycles. The molecule has 0 unspecified atom stereocenters. The zero-order valence-corrected chi connectivity index (χ0v) is 13.3. The molecule has 2 amide bonds. The van der Waals surface area contributed by atoms with Gasteiger partial charge in [-0.3, -0.25) is 0 Å². The number of fused-ring (bicyclic) bond motifs is 2. The molecule has 0 saturated carbocycles. The average Bonchev–Trinajstić information content (AvgIpc) is 3.19. The molecule has 2 bridgehead atoms. The zero-order chi connectivity index (χ0) is 15.6. The highest BCUT2D eigenvalue weighted by Gasteiger charge is 2.42. The summed E-state index contributed by atoms with van der Waals surface area (Å²) in [5.74, 6) is 0. The molecule has 3 saturated heterocycles. The van der Waals surface area contributed by atoms with Crippen LogP contribution in [0.4, 0.5) is 4.79 Å². The molecular weight excluding hydrogens is 292 g/mol. The lowest BCUT2D eigenvalue weighted by atomic mass is 9.96. The minimum atomic E-state index is 0.0347. The Morgan fingerprint density at radius 2 is 2.13 bits per heavy atom. The number of nitrogens with zero attached hydrogens (tertiary/aromatic N) is 1. The Morgan fingerprint density at radius 3 is 2.87 bits per heavy atom. The third kappa shape index (κ3) is 3.35. The molecule has 5 nitrogen and oxygen atoms in total. The number of hydrogen-bond acceptors (Lipinski definition) is 3. The Balaban J connectivity index is 1.31. The fourth-order valence-corrected chi connectivity index (χ4v) is 3.94. The first-order chi connectivity index (χ1) is 11.3. The van der Waals surface area contributed by atoms with Gasteiger partial charge in [-0.15, -0.1) is 0 Å². The van der Waals surface area contributed by atoms with Crippen LogP contribution in [0.5, 0.6) is 0 Å². The molecule has 0 aliphatic carbocycles. The molecule has 3 aliphatic heterocycles. The van der Waals surface area contributed by atoms with Crippen molar-refractivity contribution in [2.75, 3.05) is 19.7 Å². The van der Waals surface area contributed by atoms with Gasteiger partial charge >= 0.3 is 6.03 Å². The van der Waals surface area contributed by atoms with Crippen LogP contribution < -0.4 is 5.32 Å². The number of hydrogen-bond donors (Lipinski definition) is 1. The summed E-state index contributed by atoms with van der Waals surface area (Å²) in [5.41, 5.74) is 1.25. The number of ether oxygens (including phenoxy) is 2. The van der Waals surface area contributed by atoms with E-state index in [0.717, 1.165) is 25.7 Å². The van der Waals surface area contributed by atoms with Crippen LogP contribution in [0.25, 0.3) is 0 Å². The smallest absolute Gasteiger partial charge is 0.317 e. The third-order valence-electron chi connectivity index (χ3n) is 5.15. The van der Waals surface area contributed by atoms with Crippen molar-refractivity contribution in [2.24, 2.45) is 0 Å². The monoisotopic (exact) mass is 316 g/mol. The molecule has 3 aliphatic rings. The van der Waals surface area contributed by atoms with Gasteiger partial charge in [-0.2, -0.15) is 0 Å². The van der Waals surface area contributed by atoms with Gasteiger partial charge in [0, 0.05) is 19.5 Å². The maximum absolute atomic E-state index is 12.5. The fraction of sp³-hybridized carbons (Fsp3) is 0.611. The van der Waals surface area contributed by atoms with E-state index in [1.807, 2.05) is 23.1 Å². The molecular formula is C18H24N2O3. The van der Waals surface area contributed by atoms with Crippen LogP contribution in [0.2, 0.25) is 0 Å². The molecule has 3 fully saturated rings. The van der Waals surface area contributed by atoms with Gasteiger partial charge in [0.2, 0.25) is 0 Å². The highest BCUT2D eigenvalue weighted by Crippen LogP contribution is 2.34. The summed E-state index contributed by atoms with van der Waals surface area (Å²) in [7, 11) is 0. The van der Waals surface area contributed by atoms with Crippen LogP contribution in [-0.2, 0) is 15.9 Å². The van der Waals surface area contributed by atoms with Crippen LogP contribution in [0.15, 0.2) is 30.3 Å². The number of nitrogens with one attached hydrogen (secondary N) is 1.